The Morgan fingerprint density at radius 1 is 0.333 bits per heavy atom. The highest BCUT2D eigenvalue weighted by molar-refractivity contribution is 5.88. The lowest BCUT2D eigenvalue weighted by molar-refractivity contribution is -0.139. The number of ether oxygens (including phenoxy) is 4. The van der Waals surface area contributed by atoms with Gasteiger partial charge in [-0.1, -0.05) is 74.8 Å². The van der Waals surface area contributed by atoms with Crippen LogP contribution in [0.1, 0.15) is 97.9 Å². The van der Waals surface area contributed by atoms with Crippen LogP contribution in [0.15, 0.2) is 170 Å². The minimum absolute atomic E-state index is 0.329. The van der Waals surface area contributed by atoms with E-state index >= 15 is 0 Å². The van der Waals surface area contributed by atoms with E-state index in [4.69, 9.17) is 18.9 Å². The first kappa shape index (κ1) is 59.0. The quantitative estimate of drug-likeness (QED) is 0.0214. The molecule has 0 unspecified atom stereocenters. The second kappa shape index (κ2) is 28.2. The molecule has 10 heteroatoms. The fraction of sp³-hybridized carbons (Fsp3) is 0.294. The van der Waals surface area contributed by atoms with Crippen LogP contribution in [0.2, 0.25) is 0 Å². The van der Waals surface area contributed by atoms with Crippen molar-refractivity contribution in [2.45, 2.75) is 107 Å². The molecule has 0 aliphatic rings. The second-order valence-corrected chi connectivity index (χ2v) is 20.3. The molecule has 10 nitrogen and oxygen atoms in total. The number of esters is 4. The highest BCUT2D eigenvalue weighted by atomic mass is 16.5. The van der Waals surface area contributed by atoms with E-state index in [9.17, 15) is 19.2 Å². The van der Waals surface area contributed by atoms with E-state index in [1.807, 2.05) is 0 Å². The summed E-state index contributed by atoms with van der Waals surface area (Å²) in [6.45, 7) is 31.2. The van der Waals surface area contributed by atoms with Crippen molar-refractivity contribution < 1.29 is 38.1 Å². The van der Waals surface area contributed by atoms with E-state index in [1.165, 1.54) is 22.3 Å². The lowest BCUT2D eigenvalue weighted by atomic mass is 9.99. The third-order valence-electron chi connectivity index (χ3n) is 13.6. The number of carbonyl (C=O) groups is 4. The summed E-state index contributed by atoms with van der Waals surface area (Å²) in [5.74, 6) is -1.48. The SMILES string of the molecule is C=C(C)C(=O)OCCCc1ccc(N(c2ccc(-c3ccc(N(c4ccc(CCCOC(=O)C(=C)C)c(C)c4)c4ccc(CCCOC(=O)C(=C)C)c(C)c4)cc3)cc2)c2ccc(CCCOC(=O)C(=C)C)c(C)c2)cc1C. The zero-order valence-corrected chi connectivity index (χ0v) is 47.0. The lowest BCUT2D eigenvalue weighted by Gasteiger charge is -2.28. The average molecular weight is 1050 g/mol. The fourth-order valence-corrected chi connectivity index (χ4v) is 9.10. The van der Waals surface area contributed by atoms with Crippen molar-refractivity contribution in [2.24, 2.45) is 0 Å². The Balaban J connectivity index is 1.28. The van der Waals surface area contributed by atoms with Crippen molar-refractivity contribution in [3.8, 4) is 11.1 Å². The van der Waals surface area contributed by atoms with Gasteiger partial charge in [0.05, 0.1) is 26.4 Å². The highest BCUT2D eigenvalue weighted by Gasteiger charge is 2.19. The standard InChI is InChI=1S/C68H76N2O8/c1-45(2)65(71)75-37-13-17-53-21-33-61(41-49(53)9)69(62-34-22-54(50(10)42-62)18-14-38-76-66(72)46(3)4)59-29-25-57(26-30-59)58-27-31-60(32-28-58)70(63-35-23-55(51(11)43-63)19-15-39-77-67(73)47(5)6)64-36-24-56(52(12)44-64)20-16-40-78-68(74)48(7)8/h21-36,41-44H,1,3,5,7,13-20,37-40H2,2,4,6,8-12H3. The molecule has 0 saturated heterocycles. The molecule has 0 saturated carbocycles. The number of rotatable bonds is 27. The smallest absolute Gasteiger partial charge is 0.333 e. The van der Waals surface area contributed by atoms with Crippen LogP contribution in [0, 0.1) is 27.7 Å². The summed E-state index contributed by atoms with van der Waals surface area (Å²) < 4.78 is 21.5. The van der Waals surface area contributed by atoms with Gasteiger partial charge in [0.15, 0.2) is 0 Å². The Hall–Kier alpha value is -8.24. The van der Waals surface area contributed by atoms with Crippen molar-refractivity contribution in [3.05, 3.63) is 214 Å². The van der Waals surface area contributed by atoms with Crippen LogP contribution in [0.5, 0.6) is 0 Å². The van der Waals surface area contributed by atoms with Gasteiger partial charge in [-0.25, -0.2) is 19.2 Å². The van der Waals surface area contributed by atoms with Gasteiger partial charge < -0.3 is 28.7 Å². The molecular formula is C68H76N2O8. The number of anilines is 6. The second-order valence-electron chi connectivity index (χ2n) is 20.3. The maximum absolute atomic E-state index is 12.0. The molecule has 0 amide bonds. The Morgan fingerprint density at radius 3 is 0.731 bits per heavy atom. The summed E-state index contributed by atoms with van der Waals surface area (Å²) in [4.78, 5) is 52.5. The Labute approximate surface area is 462 Å². The van der Waals surface area contributed by atoms with Gasteiger partial charge in [-0.15, -0.1) is 0 Å². The largest absolute Gasteiger partial charge is 0.462 e. The molecule has 0 atom stereocenters. The van der Waals surface area contributed by atoms with Gasteiger partial charge in [-0.2, -0.15) is 0 Å². The van der Waals surface area contributed by atoms with E-state index in [0.29, 0.717) is 74.4 Å². The Morgan fingerprint density at radius 2 is 0.538 bits per heavy atom. The molecule has 6 aromatic rings. The van der Waals surface area contributed by atoms with Crippen LogP contribution in [0.25, 0.3) is 11.1 Å². The number of carbonyl (C=O) groups excluding carboxylic acids is 4. The number of benzene rings is 6. The molecule has 0 aliphatic carbocycles. The zero-order valence-electron chi connectivity index (χ0n) is 47.0. The van der Waals surface area contributed by atoms with Crippen molar-refractivity contribution in [2.75, 3.05) is 36.2 Å². The van der Waals surface area contributed by atoms with Crippen LogP contribution >= 0.6 is 0 Å². The minimum Gasteiger partial charge on any atom is -0.462 e. The van der Waals surface area contributed by atoms with E-state index in [1.54, 1.807) is 27.7 Å². The molecule has 0 aliphatic heterocycles. The van der Waals surface area contributed by atoms with Gasteiger partial charge in [0.2, 0.25) is 0 Å². The van der Waals surface area contributed by atoms with Crippen LogP contribution in [-0.2, 0) is 63.8 Å². The highest BCUT2D eigenvalue weighted by Crippen LogP contribution is 2.40. The molecule has 0 fully saturated rings. The normalized spacial score (nSPS) is 10.8. The van der Waals surface area contributed by atoms with E-state index in [2.05, 4.69) is 185 Å². The van der Waals surface area contributed by atoms with Crippen molar-refractivity contribution in [1.29, 1.82) is 0 Å². The monoisotopic (exact) mass is 1050 g/mol. The van der Waals surface area contributed by atoms with Crippen LogP contribution in [0.4, 0.5) is 34.1 Å². The third kappa shape index (κ3) is 16.4. The molecule has 0 spiro atoms. The third-order valence-corrected chi connectivity index (χ3v) is 13.6. The molecule has 0 bridgehead atoms. The summed E-state index contributed by atoms with van der Waals surface area (Å²) in [5, 5.41) is 0. The Bertz CT molecular complexity index is 2790. The number of aryl methyl sites for hydroxylation is 8. The summed E-state index contributed by atoms with van der Waals surface area (Å²) in [6, 6.07) is 43.4. The van der Waals surface area contributed by atoms with Crippen LogP contribution < -0.4 is 9.80 Å². The van der Waals surface area contributed by atoms with Gasteiger partial charge in [0.1, 0.15) is 0 Å². The lowest BCUT2D eigenvalue weighted by Crippen LogP contribution is -2.12. The molecule has 406 valence electrons. The summed E-state index contributed by atoms with van der Waals surface area (Å²) in [7, 11) is 0. The first-order chi connectivity index (χ1) is 37.3. The average Bonchev–Trinajstić information content (AvgIpc) is 3.43. The Kier molecular flexibility index (Phi) is 21.4. The van der Waals surface area contributed by atoms with Crippen molar-refractivity contribution >= 4 is 58.0 Å². The van der Waals surface area contributed by atoms with Crippen molar-refractivity contribution in [1.82, 2.24) is 0 Å². The predicted octanol–water partition coefficient (Wildman–Crippen LogP) is 15.7. The first-order valence-electron chi connectivity index (χ1n) is 26.8. The molecule has 0 heterocycles. The molecule has 78 heavy (non-hydrogen) atoms. The van der Waals surface area contributed by atoms with Crippen LogP contribution in [-0.4, -0.2) is 50.3 Å². The number of hydrogen-bond donors (Lipinski definition) is 0. The molecular weight excluding hydrogens is 973 g/mol. The van der Waals surface area contributed by atoms with Crippen LogP contribution in [0.3, 0.4) is 0 Å². The fourth-order valence-electron chi connectivity index (χ4n) is 9.10. The topological polar surface area (TPSA) is 112 Å². The predicted molar refractivity (Wildman–Crippen MR) is 317 cm³/mol. The summed E-state index contributed by atoms with van der Waals surface area (Å²) >= 11 is 0. The molecule has 6 rings (SSSR count). The number of nitrogens with zero attached hydrogens (tertiary/aromatic N) is 2. The summed E-state index contributed by atoms with van der Waals surface area (Å²) in [6.07, 6.45) is 5.88. The van der Waals surface area contributed by atoms with E-state index in [-0.39, 0.29) is 23.9 Å². The van der Waals surface area contributed by atoms with Gasteiger partial charge in [-0.3, -0.25) is 0 Å². The van der Waals surface area contributed by atoms with E-state index < -0.39 is 0 Å². The summed E-state index contributed by atoms with van der Waals surface area (Å²) in [5.41, 5.74) is 19.1. The van der Waals surface area contributed by atoms with Gasteiger partial charge in [0.25, 0.3) is 0 Å². The molecule has 6 aromatic carbocycles. The maximum atomic E-state index is 12.0. The maximum Gasteiger partial charge on any atom is 0.333 e. The van der Waals surface area contributed by atoms with Gasteiger partial charge >= 0.3 is 23.9 Å². The first-order valence-corrected chi connectivity index (χ1v) is 26.8. The zero-order chi connectivity index (χ0) is 56.5. The molecule has 0 N–H and O–H groups in total. The molecule has 0 radical (unpaired) electrons. The van der Waals surface area contributed by atoms with Gasteiger partial charge in [0, 0.05) is 56.4 Å². The number of hydrogen-bond acceptors (Lipinski definition) is 10. The van der Waals surface area contributed by atoms with Gasteiger partial charge in [-0.05, 0) is 235 Å². The van der Waals surface area contributed by atoms with Crippen molar-refractivity contribution in [3.63, 3.8) is 0 Å². The molecule has 0 aromatic heterocycles. The minimum atomic E-state index is -0.369. The van der Waals surface area contributed by atoms with E-state index in [0.717, 1.165) is 93.2 Å².